The summed E-state index contributed by atoms with van der Waals surface area (Å²) in [6.45, 7) is 7.44. The maximum atomic E-state index is 12.6. The van der Waals surface area contributed by atoms with Gasteiger partial charge < -0.3 is 35.5 Å². The number of hydrogen-bond donors (Lipinski definition) is 6. The van der Waals surface area contributed by atoms with Crippen LogP contribution in [0.1, 0.15) is 60.3 Å². The van der Waals surface area contributed by atoms with Crippen molar-refractivity contribution in [3.8, 4) is 0 Å². The number of amides is 2. The number of Topliss-reactive ketones (excluding diaryl/α,β-unsaturated/α-hetero) is 2. The molecule has 168 valence electrons. The Labute approximate surface area is 171 Å². The lowest BCUT2D eigenvalue weighted by Gasteiger charge is -2.32. The van der Waals surface area contributed by atoms with Crippen LogP contribution in [-0.2, 0) is 19.2 Å². The highest BCUT2D eigenvalue weighted by molar-refractivity contribution is 5.87. The normalized spacial score (nSPS) is 15.5. The molecule has 4 unspecified atom stereocenters. The third-order valence-corrected chi connectivity index (χ3v) is 4.40. The zero-order chi connectivity index (χ0) is 22.7. The number of aliphatic hydroxyl groups excluding tert-OH is 2. The summed E-state index contributed by atoms with van der Waals surface area (Å²) >= 11 is 0. The Kier molecular flexibility index (Phi) is 12.5. The molecule has 0 bridgehead atoms. The van der Waals surface area contributed by atoms with Crippen molar-refractivity contribution < 1.29 is 34.5 Å². The molecule has 0 saturated heterocycles. The van der Waals surface area contributed by atoms with Crippen molar-refractivity contribution in [1.29, 1.82) is 0 Å². The molecule has 0 aliphatic rings. The van der Waals surface area contributed by atoms with Gasteiger partial charge >= 0.3 is 0 Å². The predicted octanol–water partition coefficient (Wildman–Crippen LogP) is -1.04. The molecule has 0 saturated carbocycles. The summed E-state index contributed by atoms with van der Waals surface area (Å²) in [6.07, 6.45) is -2.76. The first-order chi connectivity index (χ1) is 13.3. The van der Waals surface area contributed by atoms with E-state index in [2.05, 4.69) is 16.0 Å². The minimum absolute atomic E-state index is 0.0793. The van der Waals surface area contributed by atoms with E-state index in [1.807, 2.05) is 0 Å². The Balaban J connectivity index is 5.33. The summed E-state index contributed by atoms with van der Waals surface area (Å²) in [5.41, 5.74) is 0. The van der Waals surface area contributed by atoms with Crippen LogP contribution >= 0.6 is 0 Å². The second kappa shape index (κ2) is 13.4. The molecule has 0 aromatic rings. The summed E-state index contributed by atoms with van der Waals surface area (Å²) in [4.78, 5) is 46.6. The van der Waals surface area contributed by atoms with Gasteiger partial charge in [-0.15, -0.1) is 0 Å². The monoisotopic (exact) mass is 417 g/mol. The Morgan fingerprint density at radius 2 is 1.34 bits per heavy atom. The Morgan fingerprint density at radius 1 is 0.828 bits per heavy atom. The van der Waals surface area contributed by atoms with Gasteiger partial charge in [0.15, 0.2) is 6.29 Å². The van der Waals surface area contributed by atoms with Gasteiger partial charge in [-0.05, 0) is 32.6 Å². The summed E-state index contributed by atoms with van der Waals surface area (Å²) in [6, 6.07) is -2.78. The summed E-state index contributed by atoms with van der Waals surface area (Å²) in [7, 11) is 0. The van der Waals surface area contributed by atoms with Crippen molar-refractivity contribution in [1.82, 2.24) is 16.0 Å². The van der Waals surface area contributed by atoms with E-state index in [9.17, 15) is 34.5 Å². The highest BCUT2D eigenvalue weighted by atomic mass is 16.5. The molecule has 6 N–H and O–H groups in total. The molecular formula is C19H35N3O7. The van der Waals surface area contributed by atoms with Crippen LogP contribution in [0.2, 0.25) is 0 Å². The molecule has 4 atom stereocenters. The van der Waals surface area contributed by atoms with Crippen molar-refractivity contribution in [3.63, 3.8) is 0 Å². The molecule has 0 aromatic heterocycles. The number of rotatable bonds is 14. The molecule has 0 fully saturated rings. The van der Waals surface area contributed by atoms with Crippen LogP contribution in [0, 0.1) is 5.92 Å². The topological polar surface area (TPSA) is 165 Å². The van der Waals surface area contributed by atoms with Crippen molar-refractivity contribution >= 4 is 23.4 Å². The highest BCUT2D eigenvalue weighted by Crippen LogP contribution is 2.10. The van der Waals surface area contributed by atoms with Gasteiger partial charge in [-0.25, -0.2) is 0 Å². The molecular weight excluding hydrogens is 382 g/mol. The lowest BCUT2D eigenvalue weighted by atomic mass is 10.0. The zero-order valence-corrected chi connectivity index (χ0v) is 17.8. The largest absolute Gasteiger partial charge is 0.376 e. The third kappa shape index (κ3) is 11.6. The van der Waals surface area contributed by atoms with Crippen molar-refractivity contribution in [2.45, 2.75) is 90.9 Å². The van der Waals surface area contributed by atoms with E-state index in [1.54, 1.807) is 13.8 Å². The van der Waals surface area contributed by atoms with E-state index in [4.69, 9.17) is 0 Å². The van der Waals surface area contributed by atoms with Gasteiger partial charge in [0.05, 0.1) is 12.1 Å². The molecule has 0 radical (unpaired) electrons. The van der Waals surface area contributed by atoms with Crippen LogP contribution < -0.4 is 16.0 Å². The summed E-state index contributed by atoms with van der Waals surface area (Å²) in [5.74, 6) is -1.58. The fourth-order valence-corrected chi connectivity index (χ4v) is 2.75. The average molecular weight is 418 g/mol. The van der Waals surface area contributed by atoms with Crippen LogP contribution in [0.15, 0.2) is 0 Å². The van der Waals surface area contributed by atoms with E-state index >= 15 is 0 Å². The van der Waals surface area contributed by atoms with Crippen LogP contribution in [0.4, 0.5) is 0 Å². The Morgan fingerprint density at radius 3 is 1.76 bits per heavy atom. The number of nitrogens with one attached hydrogen (secondary N) is 3. The van der Waals surface area contributed by atoms with E-state index in [0.717, 1.165) is 0 Å². The SMILES string of the molecule is CC(=O)CCC(NC(C)=O)C(=O)NC(CCC(C)=O)C(O)NC(C(C)C)C(O)O. The maximum Gasteiger partial charge on any atom is 0.242 e. The number of aliphatic hydroxyl groups is 3. The highest BCUT2D eigenvalue weighted by Gasteiger charge is 2.30. The first-order valence-corrected chi connectivity index (χ1v) is 9.71. The van der Waals surface area contributed by atoms with Gasteiger partial charge in [0.25, 0.3) is 0 Å². The predicted molar refractivity (Wildman–Crippen MR) is 105 cm³/mol. The summed E-state index contributed by atoms with van der Waals surface area (Å²) < 4.78 is 0. The smallest absolute Gasteiger partial charge is 0.242 e. The number of carbonyl (C=O) groups excluding carboxylic acids is 4. The minimum Gasteiger partial charge on any atom is -0.376 e. The molecule has 2 amide bonds. The molecule has 10 heteroatoms. The van der Waals surface area contributed by atoms with Gasteiger partial charge in [0.2, 0.25) is 11.8 Å². The van der Waals surface area contributed by atoms with Crippen LogP contribution in [0.25, 0.3) is 0 Å². The number of hydrogen-bond acceptors (Lipinski definition) is 8. The number of carbonyl (C=O) groups is 4. The second-order valence-electron chi connectivity index (χ2n) is 7.64. The molecule has 0 spiro atoms. The van der Waals surface area contributed by atoms with Gasteiger partial charge in [-0.2, -0.15) is 0 Å². The first-order valence-electron chi connectivity index (χ1n) is 9.71. The molecule has 0 aliphatic heterocycles. The van der Waals surface area contributed by atoms with Crippen molar-refractivity contribution in [2.75, 3.05) is 0 Å². The van der Waals surface area contributed by atoms with Crippen LogP contribution in [-0.4, -0.2) is 69.3 Å². The average Bonchev–Trinajstić information content (AvgIpc) is 2.58. The minimum atomic E-state index is -1.74. The van der Waals surface area contributed by atoms with E-state index in [0.29, 0.717) is 0 Å². The Hall–Kier alpha value is -1.88. The van der Waals surface area contributed by atoms with E-state index < -0.39 is 42.5 Å². The molecule has 0 heterocycles. The molecule has 0 aliphatic carbocycles. The molecule has 0 rings (SSSR count). The number of ketones is 2. The standard InChI is InChI=1S/C19H35N3O7/c1-10(2)16(19(28)29)22-18(27)15(9-7-12(4)24)21-17(26)14(20-13(5)25)8-6-11(3)23/h10,14-16,18-19,22,27-29H,6-9H2,1-5H3,(H,20,25)(H,21,26). The first kappa shape index (κ1) is 27.1. The molecule has 10 nitrogen and oxygen atoms in total. The van der Waals surface area contributed by atoms with E-state index in [1.165, 1.54) is 20.8 Å². The fraction of sp³-hybridized carbons (Fsp3) is 0.789. The molecule has 0 aromatic carbocycles. The van der Waals surface area contributed by atoms with Gasteiger partial charge in [-0.3, -0.25) is 14.9 Å². The Bertz CT molecular complexity index is 558. The second-order valence-corrected chi connectivity index (χ2v) is 7.64. The lowest BCUT2D eigenvalue weighted by Crippen LogP contribution is -2.59. The fourth-order valence-electron chi connectivity index (χ4n) is 2.75. The van der Waals surface area contributed by atoms with Gasteiger partial charge in [-0.1, -0.05) is 13.8 Å². The van der Waals surface area contributed by atoms with Gasteiger partial charge in [0, 0.05) is 19.8 Å². The van der Waals surface area contributed by atoms with Crippen LogP contribution in [0.5, 0.6) is 0 Å². The zero-order valence-electron chi connectivity index (χ0n) is 17.8. The van der Waals surface area contributed by atoms with Crippen molar-refractivity contribution in [3.05, 3.63) is 0 Å². The quantitative estimate of drug-likeness (QED) is 0.195. The lowest BCUT2D eigenvalue weighted by molar-refractivity contribution is -0.130. The summed E-state index contributed by atoms with van der Waals surface area (Å²) in [5, 5.41) is 37.2. The van der Waals surface area contributed by atoms with E-state index in [-0.39, 0.29) is 43.2 Å². The molecule has 29 heavy (non-hydrogen) atoms. The van der Waals surface area contributed by atoms with Crippen molar-refractivity contribution in [2.24, 2.45) is 5.92 Å². The maximum absolute atomic E-state index is 12.6. The third-order valence-electron chi connectivity index (χ3n) is 4.40. The van der Waals surface area contributed by atoms with Gasteiger partial charge in [0.1, 0.15) is 23.8 Å². The van der Waals surface area contributed by atoms with Crippen LogP contribution in [0.3, 0.4) is 0 Å².